The lowest BCUT2D eigenvalue weighted by Gasteiger charge is -2.53. The van der Waals surface area contributed by atoms with E-state index < -0.39 is 0 Å². The van der Waals surface area contributed by atoms with Gasteiger partial charge in [0.2, 0.25) is 0 Å². The van der Waals surface area contributed by atoms with Crippen LogP contribution in [0.1, 0.15) is 71.6 Å². The third kappa shape index (κ3) is 2.46. The van der Waals surface area contributed by atoms with Crippen molar-refractivity contribution in [3.05, 3.63) is 11.6 Å². The molecule has 0 spiro atoms. The van der Waals surface area contributed by atoms with E-state index in [4.69, 9.17) is 4.74 Å². The maximum atomic E-state index is 11.8. The van der Waals surface area contributed by atoms with E-state index in [1.165, 1.54) is 31.3 Å². The lowest BCUT2D eigenvalue weighted by atomic mass is 9.52. The fourth-order valence-electron chi connectivity index (χ4n) is 6.57. The highest BCUT2D eigenvalue weighted by Crippen LogP contribution is 2.62. The summed E-state index contributed by atoms with van der Waals surface area (Å²) in [6.45, 7) is 4.26. The molecule has 0 N–H and O–H groups in total. The van der Waals surface area contributed by atoms with Crippen molar-refractivity contribution in [3.63, 3.8) is 0 Å². The molecule has 0 radical (unpaired) electrons. The summed E-state index contributed by atoms with van der Waals surface area (Å²) in [5.74, 6) is 3.19. The van der Waals surface area contributed by atoms with Gasteiger partial charge in [-0.3, -0.25) is 9.59 Å². The molecule has 3 fully saturated rings. The molecule has 4 rings (SSSR count). The Hall–Kier alpha value is -1.12. The number of ether oxygens (including phenoxy) is 1. The molecule has 4 aliphatic carbocycles. The van der Waals surface area contributed by atoms with Crippen molar-refractivity contribution in [2.24, 2.45) is 29.1 Å². The molecule has 0 aliphatic heterocycles. The SMILES string of the molecule is CCC(=O)O[C@H]1CC[C@H]2[C@@H]3CCC4=CC(=O)CC[C@@H]4[C@@H]3CC[C@]12C. The number of carbonyl (C=O) groups excluding carboxylic acids is 2. The Morgan fingerprint density at radius 1 is 1.17 bits per heavy atom. The highest BCUT2D eigenvalue weighted by Gasteiger charge is 2.57. The second kappa shape index (κ2) is 6.00. The molecule has 0 aromatic rings. The predicted molar refractivity (Wildman–Crippen MR) is 92.3 cm³/mol. The van der Waals surface area contributed by atoms with Crippen LogP contribution >= 0.6 is 0 Å². The number of carbonyl (C=O) groups is 2. The smallest absolute Gasteiger partial charge is 0.305 e. The minimum Gasteiger partial charge on any atom is -0.462 e. The van der Waals surface area contributed by atoms with Crippen LogP contribution in [-0.4, -0.2) is 17.9 Å². The van der Waals surface area contributed by atoms with Gasteiger partial charge in [0, 0.05) is 18.3 Å². The van der Waals surface area contributed by atoms with Gasteiger partial charge in [-0.2, -0.15) is 0 Å². The van der Waals surface area contributed by atoms with Gasteiger partial charge in [-0.1, -0.05) is 19.4 Å². The lowest BCUT2D eigenvalue weighted by Crippen LogP contribution is -2.48. The van der Waals surface area contributed by atoms with E-state index >= 15 is 0 Å². The molecule has 0 unspecified atom stereocenters. The second-order valence-electron chi connectivity index (χ2n) is 8.76. The third-order valence-electron chi connectivity index (χ3n) is 7.78. The summed E-state index contributed by atoms with van der Waals surface area (Å²) < 4.78 is 5.84. The van der Waals surface area contributed by atoms with Gasteiger partial charge in [0.05, 0.1) is 0 Å². The molecular formula is C21H30O3. The first-order chi connectivity index (χ1) is 11.5. The van der Waals surface area contributed by atoms with E-state index in [-0.39, 0.29) is 17.5 Å². The van der Waals surface area contributed by atoms with E-state index in [2.05, 4.69) is 6.92 Å². The fourth-order valence-corrected chi connectivity index (χ4v) is 6.57. The number of allylic oxidation sites excluding steroid dienone is 1. The largest absolute Gasteiger partial charge is 0.462 e. The summed E-state index contributed by atoms with van der Waals surface area (Å²) in [5.41, 5.74) is 1.63. The molecule has 0 bridgehead atoms. The molecule has 4 aliphatic rings. The third-order valence-corrected chi connectivity index (χ3v) is 7.78. The minimum atomic E-state index is -0.0383. The molecular weight excluding hydrogens is 300 g/mol. The van der Waals surface area contributed by atoms with Crippen molar-refractivity contribution in [1.29, 1.82) is 0 Å². The predicted octanol–water partition coefficient (Wildman–Crippen LogP) is 4.45. The Bertz CT molecular complexity index is 578. The highest BCUT2D eigenvalue weighted by atomic mass is 16.5. The Kier molecular flexibility index (Phi) is 4.09. The van der Waals surface area contributed by atoms with Crippen LogP contribution in [0, 0.1) is 29.1 Å². The Morgan fingerprint density at radius 3 is 2.79 bits per heavy atom. The second-order valence-corrected chi connectivity index (χ2v) is 8.76. The van der Waals surface area contributed by atoms with E-state index in [0.717, 1.165) is 37.5 Å². The van der Waals surface area contributed by atoms with Gasteiger partial charge in [0.25, 0.3) is 0 Å². The number of rotatable bonds is 2. The first-order valence-corrected chi connectivity index (χ1v) is 9.95. The van der Waals surface area contributed by atoms with Gasteiger partial charge in [0.15, 0.2) is 5.78 Å². The van der Waals surface area contributed by atoms with Gasteiger partial charge >= 0.3 is 5.97 Å². The van der Waals surface area contributed by atoms with Gasteiger partial charge in [-0.25, -0.2) is 0 Å². The van der Waals surface area contributed by atoms with Crippen molar-refractivity contribution in [1.82, 2.24) is 0 Å². The van der Waals surface area contributed by atoms with Crippen LogP contribution in [0.25, 0.3) is 0 Å². The standard InChI is InChI=1S/C21H30O3/c1-3-20(23)24-19-9-8-18-17-6-4-13-12-14(22)5-7-15(13)16(17)10-11-21(18,19)2/h12,15-19H,3-11H2,1-2H3/t15-,16-,17+,18-,19-,21-/m0/s1. The number of ketones is 1. The molecule has 24 heavy (non-hydrogen) atoms. The molecule has 0 amide bonds. The van der Waals surface area contributed by atoms with Crippen molar-refractivity contribution < 1.29 is 14.3 Å². The number of esters is 1. The average Bonchev–Trinajstić information content (AvgIpc) is 2.90. The van der Waals surface area contributed by atoms with Crippen molar-refractivity contribution in [2.45, 2.75) is 77.7 Å². The van der Waals surface area contributed by atoms with Gasteiger partial charge in [-0.05, 0) is 74.7 Å². The summed E-state index contributed by atoms with van der Waals surface area (Å²) in [6.07, 6.45) is 11.4. The molecule has 3 nitrogen and oxygen atoms in total. The molecule has 0 saturated heterocycles. The summed E-state index contributed by atoms with van der Waals surface area (Å²) in [7, 11) is 0. The van der Waals surface area contributed by atoms with Gasteiger partial charge < -0.3 is 4.74 Å². The molecule has 0 aromatic heterocycles. The first kappa shape index (κ1) is 16.4. The zero-order chi connectivity index (χ0) is 16.9. The number of hydrogen-bond donors (Lipinski definition) is 0. The van der Waals surface area contributed by atoms with E-state index in [9.17, 15) is 9.59 Å². The fraction of sp³-hybridized carbons (Fsp3) is 0.810. The normalized spacial score (nSPS) is 44.2. The Morgan fingerprint density at radius 2 is 2.00 bits per heavy atom. The molecule has 3 heteroatoms. The molecule has 132 valence electrons. The molecule has 6 atom stereocenters. The first-order valence-electron chi connectivity index (χ1n) is 9.95. The van der Waals surface area contributed by atoms with E-state index in [1.807, 2.05) is 13.0 Å². The van der Waals surface area contributed by atoms with Crippen molar-refractivity contribution >= 4 is 11.8 Å². The quantitative estimate of drug-likeness (QED) is 0.703. The highest BCUT2D eigenvalue weighted by molar-refractivity contribution is 5.91. The van der Waals surface area contributed by atoms with Crippen LogP contribution in [0.15, 0.2) is 11.6 Å². The van der Waals surface area contributed by atoms with Crippen LogP contribution in [0.5, 0.6) is 0 Å². The number of fused-ring (bicyclic) bond motifs is 5. The molecule has 0 aromatic carbocycles. The van der Waals surface area contributed by atoms with Crippen LogP contribution in [0.3, 0.4) is 0 Å². The Balaban J connectivity index is 1.54. The monoisotopic (exact) mass is 330 g/mol. The van der Waals surface area contributed by atoms with Crippen LogP contribution < -0.4 is 0 Å². The maximum absolute atomic E-state index is 11.8. The Labute approximate surface area is 145 Å². The summed E-state index contributed by atoms with van der Waals surface area (Å²) >= 11 is 0. The zero-order valence-electron chi connectivity index (χ0n) is 15.1. The van der Waals surface area contributed by atoms with E-state index in [1.54, 1.807) is 0 Å². The van der Waals surface area contributed by atoms with Crippen molar-refractivity contribution in [2.75, 3.05) is 0 Å². The maximum Gasteiger partial charge on any atom is 0.305 e. The summed E-state index contributed by atoms with van der Waals surface area (Å²) in [4.78, 5) is 23.6. The molecule has 3 saturated carbocycles. The van der Waals surface area contributed by atoms with Crippen molar-refractivity contribution in [3.8, 4) is 0 Å². The van der Waals surface area contributed by atoms with E-state index in [0.29, 0.717) is 24.0 Å². The average molecular weight is 330 g/mol. The summed E-state index contributed by atoms with van der Waals surface area (Å²) in [5, 5.41) is 0. The lowest BCUT2D eigenvalue weighted by molar-refractivity contribution is -0.158. The summed E-state index contributed by atoms with van der Waals surface area (Å²) in [6, 6.07) is 0. The topological polar surface area (TPSA) is 43.4 Å². The number of hydrogen-bond acceptors (Lipinski definition) is 3. The van der Waals surface area contributed by atoms with Crippen LogP contribution in [-0.2, 0) is 14.3 Å². The minimum absolute atomic E-state index is 0.0383. The van der Waals surface area contributed by atoms with Gasteiger partial charge in [-0.15, -0.1) is 0 Å². The zero-order valence-corrected chi connectivity index (χ0v) is 15.1. The van der Waals surface area contributed by atoms with Crippen LogP contribution in [0.2, 0.25) is 0 Å². The molecule has 0 heterocycles. The van der Waals surface area contributed by atoms with Gasteiger partial charge in [0.1, 0.15) is 6.10 Å². The van der Waals surface area contributed by atoms with Crippen LogP contribution in [0.4, 0.5) is 0 Å².